The largest absolute Gasteiger partial charge is 0.383 e. The monoisotopic (exact) mass is 255 g/mol. The molecule has 0 bridgehead atoms. The van der Waals surface area contributed by atoms with Gasteiger partial charge in [0, 0.05) is 12.3 Å². The summed E-state index contributed by atoms with van der Waals surface area (Å²) in [5, 5.41) is 1.07. The third kappa shape index (κ3) is 2.71. The molecule has 0 saturated carbocycles. The maximum atomic E-state index is 11.1. The Balaban J connectivity index is 2.30. The molecule has 0 fully saturated rings. The fourth-order valence-corrected chi connectivity index (χ4v) is 1.94. The predicted octanol–water partition coefficient (Wildman–Crippen LogP) is 0.947. The van der Waals surface area contributed by atoms with E-state index in [0.29, 0.717) is 10.2 Å². The lowest BCUT2D eigenvalue weighted by molar-refractivity contribution is 0.937. The average molecular weight is 256 g/mol. The second kappa shape index (κ2) is 4.50. The van der Waals surface area contributed by atoms with Gasteiger partial charge < -0.3 is 10.7 Å². The summed E-state index contributed by atoms with van der Waals surface area (Å²) in [6.07, 6.45) is 1.52. The van der Waals surface area contributed by atoms with E-state index in [1.807, 2.05) is 0 Å². The first-order chi connectivity index (χ1) is 7.63. The Morgan fingerprint density at radius 2 is 2.25 bits per heavy atom. The van der Waals surface area contributed by atoms with Crippen LogP contribution >= 0.6 is 23.4 Å². The van der Waals surface area contributed by atoms with Gasteiger partial charge in [-0.15, -0.1) is 0 Å². The van der Waals surface area contributed by atoms with Gasteiger partial charge in [0.1, 0.15) is 10.8 Å². The van der Waals surface area contributed by atoms with E-state index in [1.54, 1.807) is 6.07 Å². The van der Waals surface area contributed by atoms with Crippen LogP contribution in [0.4, 0.5) is 5.82 Å². The molecule has 0 atom stereocenters. The molecule has 2 rings (SSSR count). The van der Waals surface area contributed by atoms with Gasteiger partial charge in [-0.3, -0.25) is 4.79 Å². The summed E-state index contributed by atoms with van der Waals surface area (Å²) in [5.74, 6) is 0.159. The first-order valence-corrected chi connectivity index (χ1v) is 5.36. The molecule has 0 saturated heterocycles. The zero-order valence-electron chi connectivity index (χ0n) is 7.85. The maximum absolute atomic E-state index is 11.1. The van der Waals surface area contributed by atoms with Gasteiger partial charge in [0.2, 0.25) is 5.28 Å². The van der Waals surface area contributed by atoms with Crippen LogP contribution in [0.3, 0.4) is 0 Å². The van der Waals surface area contributed by atoms with Gasteiger partial charge in [0.15, 0.2) is 5.16 Å². The molecule has 0 unspecified atom stereocenters. The fraction of sp³-hybridized carbons (Fsp3) is 0. The lowest BCUT2D eigenvalue weighted by Crippen LogP contribution is -2.09. The number of nitrogens with two attached hydrogens (primary N) is 1. The van der Waals surface area contributed by atoms with Crippen molar-refractivity contribution < 1.29 is 0 Å². The van der Waals surface area contributed by atoms with Crippen molar-refractivity contribution in [3.63, 3.8) is 0 Å². The number of halogens is 1. The summed E-state index contributed by atoms with van der Waals surface area (Å²) < 4.78 is 0. The summed E-state index contributed by atoms with van der Waals surface area (Å²) in [6.45, 7) is 0. The Morgan fingerprint density at radius 1 is 1.44 bits per heavy atom. The number of nitrogens with zero attached hydrogens (tertiary/aromatic N) is 3. The number of nitrogens with one attached hydrogen (secondary N) is 1. The van der Waals surface area contributed by atoms with Gasteiger partial charge in [-0.1, -0.05) is 0 Å². The smallest absolute Gasteiger partial charge is 0.253 e. The minimum absolute atomic E-state index is 0.135. The van der Waals surface area contributed by atoms with Crippen molar-refractivity contribution in [1.82, 2.24) is 19.9 Å². The minimum atomic E-state index is -0.310. The van der Waals surface area contributed by atoms with Crippen LogP contribution in [-0.2, 0) is 0 Å². The van der Waals surface area contributed by atoms with Crippen molar-refractivity contribution in [3.8, 4) is 0 Å². The van der Waals surface area contributed by atoms with Crippen molar-refractivity contribution >= 4 is 29.2 Å². The molecule has 0 aliphatic carbocycles. The molecule has 2 aromatic rings. The highest BCUT2D eigenvalue weighted by Crippen LogP contribution is 2.22. The number of anilines is 1. The molecule has 2 aromatic heterocycles. The van der Waals surface area contributed by atoms with E-state index in [-0.39, 0.29) is 16.7 Å². The number of nitrogen functional groups attached to an aromatic ring is 1. The second-order valence-corrected chi connectivity index (χ2v) is 4.09. The first-order valence-electron chi connectivity index (χ1n) is 4.17. The van der Waals surface area contributed by atoms with Crippen molar-refractivity contribution in [2.75, 3.05) is 5.73 Å². The molecule has 6 nitrogen and oxygen atoms in total. The molecule has 0 amide bonds. The fourth-order valence-electron chi connectivity index (χ4n) is 0.977. The molecule has 0 aliphatic rings. The van der Waals surface area contributed by atoms with Gasteiger partial charge in [-0.25, -0.2) is 15.0 Å². The van der Waals surface area contributed by atoms with Crippen LogP contribution in [0.15, 0.2) is 33.3 Å². The van der Waals surface area contributed by atoms with E-state index in [4.69, 9.17) is 17.3 Å². The van der Waals surface area contributed by atoms with Crippen LogP contribution in [0, 0.1) is 0 Å². The topological polar surface area (TPSA) is 97.6 Å². The average Bonchev–Trinajstić information content (AvgIpc) is 2.15. The number of hydrogen-bond donors (Lipinski definition) is 2. The van der Waals surface area contributed by atoms with E-state index in [0.717, 1.165) is 11.8 Å². The molecule has 0 aliphatic heterocycles. The van der Waals surface area contributed by atoms with E-state index >= 15 is 0 Å². The molecule has 2 heterocycles. The van der Waals surface area contributed by atoms with Gasteiger partial charge in [-0.05, 0) is 29.4 Å². The molecular formula is C8H6ClN5OS. The molecule has 82 valence electrons. The SMILES string of the molecule is Nc1cc(=O)[nH]c(Sc2ccnc(Cl)n2)n1. The van der Waals surface area contributed by atoms with Crippen LogP contribution in [0.25, 0.3) is 0 Å². The summed E-state index contributed by atoms with van der Waals surface area (Å²) >= 11 is 6.77. The second-order valence-electron chi connectivity index (χ2n) is 2.74. The molecular weight excluding hydrogens is 250 g/mol. The Hall–Kier alpha value is -1.60. The van der Waals surface area contributed by atoms with Crippen molar-refractivity contribution in [1.29, 1.82) is 0 Å². The number of hydrogen-bond acceptors (Lipinski definition) is 6. The third-order valence-corrected chi connectivity index (χ3v) is 2.55. The van der Waals surface area contributed by atoms with Gasteiger partial charge >= 0.3 is 0 Å². The normalized spacial score (nSPS) is 10.3. The van der Waals surface area contributed by atoms with Gasteiger partial charge in [0.05, 0.1) is 0 Å². The number of rotatable bonds is 2. The van der Waals surface area contributed by atoms with Gasteiger partial charge in [0.25, 0.3) is 5.56 Å². The maximum Gasteiger partial charge on any atom is 0.253 e. The zero-order valence-corrected chi connectivity index (χ0v) is 9.42. The Kier molecular flexibility index (Phi) is 3.07. The lowest BCUT2D eigenvalue weighted by Gasteiger charge is -2.00. The van der Waals surface area contributed by atoms with Crippen LogP contribution in [0.2, 0.25) is 5.28 Å². The van der Waals surface area contributed by atoms with Crippen LogP contribution in [0.5, 0.6) is 0 Å². The Bertz CT molecular complexity index is 572. The Labute approximate surface area is 99.3 Å². The first kappa shape index (κ1) is 10.9. The highest BCUT2D eigenvalue weighted by Gasteiger charge is 2.03. The summed E-state index contributed by atoms with van der Waals surface area (Å²) in [7, 11) is 0. The Morgan fingerprint density at radius 3 is 2.94 bits per heavy atom. The standard InChI is InChI=1S/C8H6ClN5OS/c9-7-11-2-1-6(14-7)16-8-12-4(10)3-5(15)13-8/h1-3H,(H3,10,12,13,15). The molecule has 0 radical (unpaired) electrons. The van der Waals surface area contributed by atoms with Crippen LogP contribution in [-0.4, -0.2) is 19.9 Å². The quantitative estimate of drug-likeness (QED) is 0.612. The number of H-pyrrole nitrogens is 1. The van der Waals surface area contributed by atoms with E-state index in [2.05, 4.69) is 19.9 Å². The predicted molar refractivity (Wildman–Crippen MR) is 60.4 cm³/mol. The third-order valence-electron chi connectivity index (χ3n) is 1.54. The summed E-state index contributed by atoms with van der Waals surface area (Å²) in [5.41, 5.74) is 5.13. The lowest BCUT2D eigenvalue weighted by atomic mass is 10.6. The van der Waals surface area contributed by atoms with E-state index in [1.165, 1.54) is 12.3 Å². The molecule has 3 N–H and O–H groups in total. The molecule has 8 heteroatoms. The molecule has 0 spiro atoms. The van der Waals surface area contributed by atoms with Crippen molar-refractivity contribution in [3.05, 3.63) is 34.0 Å². The summed E-state index contributed by atoms with van der Waals surface area (Å²) in [4.78, 5) is 25.3. The highest BCUT2D eigenvalue weighted by molar-refractivity contribution is 7.99. The van der Waals surface area contributed by atoms with Gasteiger partial charge in [-0.2, -0.15) is 0 Å². The number of aromatic nitrogens is 4. The van der Waals surface area contributed by atoms with Crippen LogP contribution in [0.1, 0.15) is 0 Å². The molecule has 0 aromatic carbocycles. The zero-order chi connectivity index (χ0) is 11.5. The van der Waals surface area contributed by atoms with Crippen molar-refractivity contribution in [2.45, 2.75) is 10.2 Å². The van der Waals surface area contributed by atoms with Crippen molar-refractivity contribution in [2.24, 2.45) is 0 Å². The highest BCUT2D eigenvalue weighted by atomic mass is 35.5. The van der Waals surface area contributed by atoms with Crippen LogP contribution < -0.4 is 11.3 Å². The minimum Gasteiger partial charge on any atom is -0.383 e. The molecule has 16 heavy (non-hydrogen) atoms. The number of aromatic amines is 1. The van der Waals surface area contributed by atoms with E-state index in [9.17, 15) is 4.79 Å². The summed E-state index contributed by atoms with van der Waals surface area (Å²) in [6, 6.07) is 2.86. The van der Waals surface area contributed by atoms with E-state index < -0.39 is 0 Å².